The van der Waals surface area contributed by atoms with Crippen LogP contribution in [0.5, 0.6) is 0 Å². The van der Waals surface area contributed by atoms with Crippen LogP contribution in [0.4, 0.5) is 0 Å². The van der Waals surface area contributed by atoms with Crippen molar-refractivity contribution in [2.75, 3.05) is 13.1 Å². The number of carbonyl (C=O) groups is 1. The number of carbonyl (C=O) groups excluding carboxylic acids is 1. The van der Waals surface area contributed by atoms with Crippen molar-refractivity contribution in [3.8, 4) is 5.69 Å². The van der Waals surface area contributed by atoms with Gasteiger partial charge in [0.05, 0.1) is 23.1 Å². The van der Waals surface area contributed by atoms with Crippen LogP contribution in [0.2, 0.25) is 0 Å². The smallest absolute Gasteiger partial charge is 0.257 e. The van der Waals surface area contributed by atoms with E-state index in [4.69, 9.17) is 5.73 Å². The van der Waals surface area contributed by atoms with Gasteiger partial charge in [-0.25, -0.2) is 4.68 Å². The van der Waals surface area contributed by atoms with Crippen LogP contribution in [0.15, 0.2) is 34.9 Å². The van der Waals surface area contributed by atoms with Crippen molar-refractivity contribution in [2.24, 2.45) is 11.7 Å². The maximum atomic E-state index is 12.9. The Bertz CT molecular complexity index is 716. The predicted octanol–water partition coefficient (Wildman–Crippen LogP) is 3.17. The molecular weight excluding hydrogens is 392 g/mol. The second-order valence-electron chi connectivity index (χ2n) is 6.18. The Labute approximate surface area is 156 Å². The molecule has 5 nitrogen and oxygen atoms in total. The van der Waals surface area contributed by atoms with Crippen LogP contribution < -0.4 is 5.73 Å². The molecule has 1 saturated heterocycles. The van der Waals surface area contributed by atoms with E-state index < -0.39 is 0 Å². The molecule has 0 aliphatic carbocycles. The molecule has 3 rings (SSSR count). The number of hydrogen-bond acceptors (Lipinski definition) is 3. The lowest BCUT2D eigenvalue weighted by Gasteiger charge is -2.21. The number of benzene rings is 1. The highest BCUT2D eigenvalue weighted by Crippen LogP contribution is 2.25. The molecule has 7 heteroatoms. The molecule has 1 amide bonds. The number of aromatic nitrogens is 2. The fourth-order valence-corrected chi connectivity index (χ4v) is 3.48. The third-order valence-corrected chi connectivity index (χ3v) is 5.10. The number of likely N-dealkylation sites (tertiary alicyclic amines) is 1. The van der Waals surface area contributed by atoms with E-state index in [-0.39, 0.29) is 24.4 Å². The number of nitrogens with two attached hydrogens (primary N) is 1. The Balaban J connectivity index is 0.00000208. The first-order valence-corrected chi connectivity index (χ1v) is 8.62. The molecule has 2 aromatic rings. The molecule has 1 fully saturated rings. The SMILES string of the molecule is Cc1c(C(=O)N2CC(CN)CC2C)cnn1-c1ccc(Br)cc1.Cl. The zero-order chi connectivity index (χ0) is 16.6. The highest BCUT2D eigenvalue weighted by molar-refractivity contribution is 9.10. The van der Waals surface area contributed by atoms with E-state index in [9.17, 15) is 4.79 Å². The van der Waals surface area contributed by atoms with Gasteiger partial charge in [-0.3, -0.25) is 4.79 Å². The second-order valence-corrected chi connectivity index (χ2v) is 7.09. The van der Waals surface area contributed by atoms with E-state index in [1.807, 2.05) is 36.1 Å². The van der Waals surface area contributed by atoms with E-state index >= 15 is 0 Å². The van der Waals surface area contributed by atoms with Crippen molar-refractivity contribution in [3.63, 3.8) is 0 Å². The largest absolute Gasteiger partial charge is 0.335 e. The first-order chi connectivity index (χ1) is 11.0. The normalized spacial score (nSPS) is 20.1. The highest BCUT2D eigenvalue weighted by atomic mass is 79.9. The Kier molecular flexibility index (Phi) is 6.06. The summed E-state index contributed by atoms with van der Waals surface area (Å²) in [7, 11) is 0. The van der Waals surface area contributed by atoms with Crippen LogP contribution >= 0.6 is 28.3 Å². The van der Waals surface area contributed by atoms with Gasteiger partial charge >= 0.3 is 0 Å². The Morgan fingerprint density at radius 1 is 1.38 bits per heavy atom. The minimum Gasteiger partial charge on any atom is -0.335 e. The molecule has 2 unspecified atom stereocenters. The van der Waals surface area contributed by atoms with Gasteiger partial charge in [0.25, 0.3) is 5.91 Å². The molecule has 1 aromatic heterocycles. The van der Waals surface area contributed by atoms with Crippen LogP contribution in [0, 0.1) is 12.8 Å². The molecule has 2 atom stereocenters. The van der Waals surface area contributed by atoms with Gasteiger partial charge in [0.1, 0.15) is 0 Å². The molecule has 130 valence electrons. The number of nitrogens with zero attached hydrogens (tertiary/aromatic N) is 3. The monoisotopic (exact) mass is 412 g/mol. The Morgan fingerprint density at radius 2 is 2.04 bits per heavy atom. The summed E-state index contributed by atoms with van der Waals surface area (Å²) < 4.78 is 2.82. The molecule has 24 heavy (non-hydrogen) atoms. The molecule has 1 aliphatic heterocycles. The summed E-state index contributed by atoms with van der Waals surface area (Å²) in [6, 6.07) is 8.10. The van der Waals surface area contributed by atoms with Crippen LogP contribution in [0.3, 0.4) is 0 Å². The first-order valence-electron chi connectivity index (χ1n) is 7.83. The molecule has 0 spiro atoms. The summed E-state index contributed by atoms with van der Waals surface area (Å²) in [6.07, 6.45) is 2.64. The second kappa shape index (κ2) is 7.68. The van der Waals surface area contributed by atoms with Crippen LogP contribution in [0.1, 0.15) is 29.4 Å². The average molecular weight is 414 g/mol. The molecule has 0 saturated carbocycles. The lowest BCUT2D eigenvalue weighted by molar-refractivity contribution is 0.0742. The Morgan fingerprint density at radius 3 is 2.62 bits per heavy atom. The summed E-state index contributed by atoms with van der Waals surface area (Å²) in [4.78, 5) is 14.8. The lowest BCUT2D eigenvalue weighted by Crippen LogP contribution is -2.34. The van der Waals surface area contributed by atoms with E-state index in [0.29, 0.717) is 18.0 Å². The van der Waals surface area contributed by atoms with Gasteiger partial charge in [-0.2, -0.15) is 5.10 Å². The van der Waals surface area contributed by atoms with Gasteiger partial charge in [0.2, 0.25) is 0 Å². The quantitative estimate of drug-likeness (QED) is 0.840. The van der Waals surface area contributed by atoms with Crippen molar-refractivity contribution in [1.29, 1.82) is 0 Å². The standard InChI is InChI=1S/C17H21BrN4O.ClH/c1-11-7-13(8-19)10-21(11)17(23)16-9-20-22(12(16)2)15-5-3-14(18)4-6-15;/h3-6,9,11,13H,7-8,10,19H2,1-2H3;1H. The third kappa shape index (κ3) is 3.50. The fraction of sp³-hybridized carbons (Fsp3) is 0.412. The molecule has 1 aliphatic rings. The van der Waals surface area contributed by atoms with Gasteiger partial charge in [-0.1, -0.05) is 15.9 Å². The van der Waals surface area contributed by atoms with Gasteiger partial charge in [0, 0.05) is 17.1 Å². The third-order valence-electron chi connectivity index (χ3n) is 4.57. The van der Waals surface area contributed by atoms with Crippen LogP contribution in [0.25, 0.3) is 5.69 Å². The first kappa shape index (κ1) is 19.0. The van der Waals surface area contributed by atoms with Crippen molar-refractivity contribution >= 4 is 34.2 Å². The summed E-state index contributed by atoms with van der Waals surface area (Å²) in [5, 5.41) is 4.40. The topological polar surface area (TPSA) is 64.2 Å². The molecule has 2 N–H and O–H groups in total. The van der Waals surface area contributed by atoms with Crippen molar-refractivity contribution in [3.05, 3.63) is 46.2 Å². The van der Waals surface area contributed by atoms with E-state index in [1.54, 1.807) is 10.9 Å². The van der Waals surface area contributed by atoms with Crippen LogP contribution in [-0.2, 0) is 0 Å². The van der Waals surface area contributed by atoms with Crippen LogP contribution in [-0.4, -0.2) is 39.7 Å². The van der Waals surface area contributed by atoms with E-state index in [2.05, 4.69) is 28.0 Å². The maximum absolute atomic E-state index is 12.9. The number of halogens is 2. The predicted molar refractivity (Wildman–Crippen MR) is 101 cm³/mol. The number of amides is 1. The maximum Gasteiger partial charge on any atom is 0.257 e. The molecule has 2 heterocycles. The molecule has 0 bridgehead atoms. The van der Waals surface area contributed by atoms with Crippen molar-refractivity contribution in [2.45, 2.75) is 26.3 Å². The zero-order valence-corrected chi connectivity index (χ0v) is 16.2. The summed E-state index contributed by atoms with van der Waals surface area (Å²) in [6.45, 7) is 5.39. The van der Waals surface area contributed by atoms with Gasteiger partial charge in [-0.05, 0) is 57.0 Å². The van der Waals surface area contributed by atoms with Gasteiger partial charge < -0.3 is 10.6 Å². The van der Waals surface area contributed by atoms with Crippen molar-refractivity contribution < 1.29 is 4.79 Å². The number of hydrogen-bond donors (Lipinski definition) is 1. The van der Waals surface area contributed by atoms with Gasteiger partial charge in [-0.15, -0.1) is 12.4 Å². The summed E-state index contributed by atoms with van der Waals surface area (Å²) >= 11 is 3.43. The summed E-state index contributed by atoms with van der Waals surface area (Å²) in [5.41, 5.74) is 8.23. The highest BCUT2D eigenvalue weighted by Gasteiger charge is 2.33. The van der Waals surface area contributed by atoms with Gasteiger partial charge in [0.15, 0.2) is 0 Å². The minimum atomic E-state index is 0. The lowest BCUT2D eigenvalue weighted by atomic mass is 10.1. The summed E-state index contributed by atoms with van der Waals surface area (Å²) in [5.74, 6) is 0.449. The minimum absolute atomic E-state index is 0. The average Bonchev–Trinajstić information content (AvgIpc) is 3.10. The van der Waals surface area contributed by atoms with E-state index in [1.165, 1.54) is 0 Å². The molecule has 1 aromatic carbocycles. The molecule has 0 radical (unpaired) electrons. The van der Waals surface area contributed by atoms with Crippen molar-refractivity contribution in [1.82, 2.24) is 14.7 Å². The van der Waals surface area contributed by atoms with E-state index in [0.717, 1.165) is 28.8 Å². The fourth-order valence-electron chi connectivity index (χ4n) is 3.21. The zero-order valence-electron chi connectivity index (χ0n) is 13.8. The number of rotatable bonds is 3. The Hall–Kier alpha value is -1.37. The molecular formula is C17H22BrClN4O.